The van der Waals surface area contributed by atoms with Crippen molar-refractivity contribution in [2.45, 2.75) is 69.6 Å². The highest BCUT2D eigenvalue weighted by atomic mass is 16.3. The average molecular weight is 345 g/mol. The van der Waals surface area contributed by atoms with E-state index in [1.165, 1.54) is 19.3 Å². The van der Waals surface area contributed by atoms with E-state index in [9.17, 15) is 5.11 Å². The minimum absolute atomic E-state index is 0.154. The third kappa shape index (κ3) is 3.32. The van der Waals surface area contributed by atoms with Crippen LogP contribution in [-0.4, -0.2) is 52.6 Å². The van der Waals surface area contributed by atoms with Gasteiger partial charge in [0.15, 0.2) is 5.82 Å². The van der Waals surface area contributed by atoms with E-state index in [2.05, 4.69) is 30.2 Å². The number of nitrogens with zero attached hydrogens (tertiary/aromatic N) is 7. The van der Waals surface area contributed by atoms with E-state index in [1.807, 2.05) is 24.1 Å². The van der Waals surface area contributed by atoms with Gasteiger partial charge in [-0.05, 0) is 36.1 Å². The predicted molar refractivity (Wildman–Crippen MR) is 91.5 cm³/mol. The molecule has 2 aromatic heterocycles. The maximum atomic E-state index is 9.83. The molecule has 4 rings (SSSR count). The quantitative estimate of drug-likeness (QED) is 0.886. The molecule has 0 radical (unpaired) electrons. The van der Waals surface area contributed by atoms with Gasteiger partial charge in [-0.2, -0.15) is 5.10 Å². The second kappa shape index (κ2) is 7.21. The third-order valence-corrected chi connectivity index (χ3v) is 5.71. The number of aryl methyl sites for hydroxylation is 1. The van der Waals surface area contributed by atoms with Gasteiger partial charge in [0.2, 0.25) is 0 Å². The Kier molecular flexibility index (Phi) is 4.80. The topological polar surface area (TPSA) is 84.9 Å². The van der Waals surface area contributed by atoms with E-state index in [-0.39, 0.29) is 18.7 Å². The van der Waals surface area contributed by atoms with Crippen molar-refractivity contribution in [2.24, 2.45) is 7.05 Å². The maximum absolute atomic E-state index is 9.83. The van der Waals surface area contributed by atoms with Crippen LogP contribution in [0.3, 0.4) is 0 Å². The number of aromatic nitrogens is 6. The molecule has 1 saturated carbocycles. The molecule has 0 spiro atoms. The molecule has 3 heterocycles. The van der Waals surface area contributed by atoms with Crippen LogP contribution in [0, 0.1) is 0 Å². The summed E-state index contributed by atoms with van der Waals surface area (Å²) >= 11 is 0. The highest BCUT2D eigenvalue weighted by Crippen LogP contribution is 2.38. The molecular formula is C17H27N7O. The van der Waals surface area contributed by atoms with E-state index in [0.717, 1.165) is 43.6 Å². The van der Waals surface area contributed by atoms with Crippen molar-refractivity contribution < 1.29 is 5.11 Å². The molecule has 1 aliphatic heterocycles. The molecular weight excluding hydrogens is 318 g/mol. The second-order valence-electron chi connectivity index (χ2n) is 7.40. The van der Waals surface area contributed by atoms with Crippen molar-refractivity contribution in [1.29, 1.82) is 0 Å². The minimum atomic E-state index is 0.154. The molecule has 2 aliphatic rings. The zero-order chi connectivity index (χ0) is 17.2. The van der Waals surface area contributed by atoms with Crippen LogP contribution >= 0.6 is 0 Å². The summed E-state index contributed by atoms with van der Waals surface area (Å²) in [5.74, 6) is 0.965. The highest BCUT2D eigenvalue weighted by molar-refractivity contribution is 5.08. The molecule has 0 aromatic carbocycles. The number of rotatable bonds is 5. The lowest BCUT2D eigenvalue weighted by Crippen LogP contribution is -2.35. The zero-order valence-corrected chi connectivity index (χ0v) is 14.8. The van der Waals surface area contributed by atoms with Gasteiger partial charge in [-0.15, -0.1) is 5.10 Å². The van der Waals surface area contributed by atoms with E-state index in [0.29, 0.717) is 6.04 Å². The van der Waals surface area contributed by atoms with Crippen molar-refractivity contribution >= 4 is 0 Å². The fourth-order valence-electron chi connectivity index (χ4n) is 4.42. The van der Waals surface area contributed by atoms with Crippen molar-refractivity contribution in [3.8, 4) is 0 Å². The average Bonchev–Trinajstić information content (AvgIpc) is 3.35. The first-order valence-electron chi connectivity index (χ1n) is 9.38. The lowest BCUT2D eigenvalue weighted by molar-refractivity contribution is 0.115. The number of hydrogen-bond acceptors (Lipinski definition) is 6. The number of tetrazole rings is 1. The Morgan fingerprint density at radius 3 is 2.72 bits per heavy atom. The summed E-state index contributed by atoms with van der Waals surface area (Å²) in [6.45, 7) is 0.934. The molecule has 1 saturated heterocycles. The lowest BCUT2D eigenvalue weighted by atomic mass is 9.95. The molecule has 2 aromatic rings. The molecule has 8 nitrogen and oxygen atoms in total. The normalized spacial score (nSPS) is 25.7. The fraction of sp³-hybridized carbons (Fsp3) is 0.765. The SMILES string of the molecule is Cn1cc(CN2[C@H](CO)CC[C@H]2c2nnnn2C2CCCCC2)cn1. The lowest BCUT2D eigenvalue weighted by Gasteiger charge is -2.30. The first-order chi connectivity index (χ1) is 12.3. The molecule has 0 bridgehead atoms. The van der Waals surface area contributed by atoms with Gasteiger partial charge >= 0.3 is 0 Å². The van der Waals surface area contributed by atoms with Gasteiger partial charge in [-0.3, -0.25) is 9.58 Å². The number of likely N-dealkylation sites (tertiary alicyclic amines) is 1. The van der Waals surface area contributed by atoms with E-state index < -0.39 is 0 Å². The van der Waals surface area contributed by atoms with Crippen LogP contribution in [0.15, 0.2) is 12.4 Å². The number of aliphatic hydroxyl groups is 1. The van der Waals surface area contributed by atoms with Gasteiger partial charge in [-0.1, -0.05) is 19.3 Å². The largest absolute Gasteiger partial charge is 0.395 e. The summed E-state index contributed by atoms with van der Waals surface area (Å²) in [5.41, 5.74) is 1.16. The van der Waals surface area contributed by atoms with Gasteiger partial charge in [0.05, 0.1) is 24.9 Å². The Morgan fingerprint density at radius 2 is 2.00 bits per heavy atom. The molecule has 25 heavy (non-hydrogen) atoms. The van der Waals surface area contributed by atoms with Crippen LogP contribution in [0.5, 0.6) is 0 Å². The molecule has 1 N–H and O–H groups in total. The Labute approximate surface area is 147 Å². The second-order valence-corrected chi connectivity index (χ2v) is 7.40. The van der Waals surface area contributed by atoms with Crippen LogP contribution in [-0.2, 0) is 13.6 Å². The van der Waals surface area contributed by atoms with Gasteiger partial charge in [0.1, 0.15) is 0 Å². The molecule has 0 unspecified atom stereocenters. The zero-order valence-electron chi connectivity index (χ0n) is 14.8. The Hall–Kier alpha value is -1.80. The molecule has 2 fully saturated rings. The predicted octanol–water partition coefficient (Wildman–Crippen LogP) is 1.61. The van der Waals surface area contributed by atoms with Crippen LogP contribution in [0.2, 0.25) is 0 Å². The fourth-order valence-corrected chi connectivity index (χ4v) is 4.42. The Bertz CT molecular complexity index is 691. The van der Waals surface area contributed by atoms with Crippen molar-refractivity contribution in [3.63, 3.8) is 0 Å². The van der Waals surface area contributed by atoms with Gasteiger partial charge in [0.25, 0.3) is 0 Å². The minimum Gasteiger partial charge on any atom is -0.395 e. The van der Waals surface area contributed by atoms with Gasteiger partial charge < -0.3 is 5.11 Å². The van der Waals surface area contributed by atoms with Crippen molar-refractivity contribution in [1.82, 2.24) is 34.9 Å². The smallest absolute Gasteiger partial charge is 0.168 e. The first-order valence-corrected chi connectivity index (χ1v) is 9.38. The molecule has 136 valence electrons. The first kappa shape index (κ1) is 16.7. The van der Waals surface area contributed by atoms with Gasteiger partial charge in [-0.25, -0.2) is 4.68 Å². The van der Waals surface area contributed by atoms with E-state index >= 15 is 0 Å². The third-order valence-electron chi connectivity index (χ3n) is 5.71. The highest BCUT2D eigenvalue weighted by Gasteiger charge is 2.38. The van der Waals surface area contributed by atoms with E-state index in [1.54, 1.807) is 0 Å². The Balaban J connectivity index is 1.58. The Morgan fingerprint density at radius 1 is 1.16 bits per heavy atom. The summed E-state index contributed by atoms with van der Waals surface area (Å²) in [6.07, 6.45) is 12.0. The van der Waals surface area contributed by atoms with E-state index in [4.69, 9.17) is 0 Å². The standard InChI is InChI=1S/C17H27N7O/c1-22-10-13(9-18-22)11-23-15(12-25)7-8-16(23)17-19-20-21-24(17)14-5-3-2-4-6-14/h9-10,14-16,25H,2-8,11-12H2,1H3/t15-,16-/m0/s1. The monoisotopic (exact) mass is 345 g/mol. The van der Waals surface area contributed by atoms with Crippen molar-refractivity contribution in [2.75, 3.05) is 6.61 Å². The summed E-state index contributed by atoms with van der Waals surface area (Å²) in [6, 6.07) is 0.739. The number of hydrogen-bond donors (Lipinski definition) is 1. The van der Waals surface area contributed by atoms with Crippen molar-refractivity contribution in [3.05, 3.63) is 23.8 Å². The van der Waals surface area contributed by atoms with Gasteiger partial charge in [0, 0.05) is 31.4 Å². The summed E-state index contributed by atoms with van der Waals surface area (Å²) < 4.78 is 3.89. The summed E-state index contributed by atoms with van der Waals surface area (Å²) in [7, 11) is 1.93. The summed E-state index contributed by atoms with van der Waals surface area (Å²) in [4.78, 5) is 2.35. The maximum Gasteiger partial charge on any atom is 0.168 e. The van der Waals surface area contributed by atoms with Crippen LogP contribution in [0.4, 0.5) is 0 Å². The summed E-state index contributed by atoms with van der Waals surface area (Å²) in [5, 5.41) is 26.8. The van der Waals surface area contributed by atoms with Crippen LogP contribution in [0.25, 0.3) is 0 Å². The molecule has 8 heteroatoms. The van der Waals surface area contributed by atoms with Crippen LogP contribution in [0.1, 0.15) is 68.4 Å². The van der Waals surface area contributed by atoms with Crippen LogP contribution < -0.4 is 0 Å². The number of aliphatic hydroxyl groups excluding tert-OH is 1. The molecule has 0 amide bonds. The molecule has 1 aliphatic carbocycles. The molecule has 2 atom stereocenters.